The van der Waals surface area contributed by atoms with Crippen LogP contribution in [0.15, 0.2) is 30.6 Å². The van der Waals surface area contributed by atoms with E-state index in [9.17, 15) is 4.79 Å². The number of anilines is 2. The van der Waals surface area contributed by atoms with E-state index in [1.165, 1.54) is 6.33 Å². The van der Waals surface area contributed by atoms with E-state index in [0.717, 1.165) is 38.5 Å². The lowest BCUT2D eigenvalue weighted by molar-refractivity contribution is 0.0383. The summed E-state index contributed by atoms with van der Waals surface area (Å²) in [4.78, 5) is 22.9. The van der Waals surface area contributed by atoms with E-state index < -0.39 is 0 Å². The van der Waals surface area contributed by atoms with Gasteiger partial charge in [-0.2, -0.15) is 0 Å². The normalized spacial score (nSPS) is 14.4. The zero-order valence-corrected chi connectivity index (χ0v) is 16.1. The first-order chi connectivity index (χ1) is 13.7. The number of hydrogen-bond acceptors (Lipinski definition) is 8. The van der Waals surface area contributed by atoms with E-state index >= 15 is 0 Å². The van der Waals surface area contributed by atoms with Gasteiger partial charge in [0.1, 0.15) is 17.8 Å². The molecule has 1 aliphatic heterocycles. The monoisotopic (exact) mass is 387 g/mol. The predicted molar refractivity (Wildman–Crippen MR) is 104 cm³/mol. The Morgan fingerprint density at radius 3 is 2.68 bits per heavy atom. The summed E-state index contributed by atoms with van der Waals surface area (Å²) in [5, 5.41) is 6.04. The summed E-state index contributed by atoms with van der Waals surface area (Å²) in [6.07, 6.45) is 1.36. The molecule has 9 nitrogen and oxygen atoms in total. The molecule has 0 saturated carbocycles. The average molecular weight is 387 g/mol. The standard InChI is InChI=1S/C19H25N5O4/c1-26-16-4-3-14(11-17(16)27-2)23-18-12-15(21-13-22-18)19(25)20-5-6-24-7-9-28-10-8-24/h3-4,11-13H,5-10H2,1-2H3,(H,20,25)(H,21,22,23). The lowest BCUT2D eigenvalue weighted by Crippen LogP contribution is -2.41. The molecule has 28 heavy (non-hydrogen) atoms. The molecule has 0 radical (unpaired) electrons. The highest BCUT2D eigenvalue weighted by Gasteiger charge is 2.12. The zero-order chi connectivity index (χ0) is 19.8. The van der Waals surface area contributed by atoms with Crippen LogP contribution in [0.4, 0.5) is 11.5 Å². The second kappa shape index (κ2) is 9.86. The summed E-state index contributed by atoms with van der Waals surface area (Å²) in [6, 6.07) is 7.04. The molecule has 1 aromatic heterocycles. The average Bonchev–Trinajstić information content (AvgIpc) is 2.74. The number of nitrogens with one attached hydrogen (secondary N) is 2. The molecule has 1 amide bonds. The van der Waals surface area contributed by atoms with Gasteiger partial charge in [0.15, 0.2) is 11.5 Å². The molecule has 0 aliphatic carbocycles. The van der Waals surface area contributed by atoms with Gasteiger partial charge in [-0.05, 0) is 12.1 Å². The Morgan fingerprint density at radius 1 is 1.14 bits per heavy atom. The van der Waals surface area contributed by atoms with Gasteiger partial charge in [0.25, 0.3) is 5.91 Å². The fraction of sp³-hybridized carbons (Fsp3) is 0.421. The third-order valence-corrected chi connectivity index (χ3v) is 4.37. The zero-order valence-electron chi connectivity index (χ0n) is 16.1. The van der Waals surface area contributed by atoms with Crippen LogP contribution in [0.2, 0.25) is 0 Å². The topological polar surface area (TPSA) is 97.8 Å². The second-order valence-corrected chi connectivity index (χ2v) is 6.19. The van der Waals surface area contributed by atoms with Gasteiger partial charge in [-0.25, -0.2) is 9.97 Å². The van der Waals surface area contributed by atoms with Crippen LogP contribution >= 0.6 is 0 Å². The molecule has 0 unspecified atom stereocenters. The molecule has 0 atom stereocenters. The molecular formula is C19H25N5O4. The highest BCUT2D eigenvalue weighted by Crippen LogP contribution is 2.30. The summed E-state index contributed by atoms with van der Waals surface area (Å²) in [5.41, 5.74) is 1.06. The van der Waals surface area contributed by atoms with E-state index in [1.54, 1.807) is 32.4 Å². The summed E-state index contributed by atoms with van der Waals surface area (Å²) < 4.78 is 15.8. The van der Waals surface area contributed by atoms with Gasteiger partial charge in [-0.15, -0.1) is 0 Å². The third kappa shape index (κ3) is 5.30. The number of nitrogens with zero attached hydrogens (tertiary/aromatic N) is 3. The Hall–Kier alpha value is -2.91. The number of carbonyl (C=O) groups excluding carboxylic acids is 1. The molecule has 2 heterocycles. The molecule has 0 spiro atoms. The van der Waals surface area contributed by atoms with E-state index in [0.29, 0.717) is 29.6 Å². The molecule has 150 valence electrons. The van der Waals surface area contributed by atoms with E-state index in [1.807, 2.05) is 6.07 Å². The molecule has 2 aromatic rings. The fourth-order valence-electron chi connectivity index (χ4n) is 2.85. The Balaban J connectivity index is 1.57. The quantitative estimate of drug-likeness (QED) is 0.700. The first-order valence-electron chi connectivity index (χ1n) is 9.09. The Bertz CT molecular complexity index is 796. The van der Waals surface area contributed by atoms with Crippen molar-refractivity contribution >= 4 is 17.4 Å². The van der Waals surface area contributed by atoms with Gasteiger partial charge in [-0.3, -0.25) is 9.69 Å². The van der Waals surface area contributed by atoms with Gasteiger partial charge in [0, 0.05) is 44.0 Å². The van der Waals surface area contributed by atoms with Crippen LogP contribution < -0.4 is 20.1 Å². The van der Waals surface area contributed by atoms with Gasteiger partial charge >= 0.3 is 0 Å². The molecule has 1 aliphatic rings. The van der Waals surface area contributed by atoms with Crippen molar-refractivity contribution in [3.05, 3.63) is 36.3 Å². The third-order valence-electron chi connectivity index (χ3n) is 4.37. The second-order valence-electron chi connectivity index (χ2n) is 6.19. The number of aromatic nitrogens is 2. The van der Waals surface area contributed by atoms with Crippen LogP contribution in [0.25, 0.3) is 0 Å². The van der Waals surface area contributed by atoms with Gasteiger partial charge < -0.3 is 24.8 Å². The summed E-state index contributed by atoms with van der Waals surface area (Å²) in [5.74, 6) is 1.52. The molecule has 2 N–H and O–H groups in total. The lowest BCUT2D eigenvalue weighted by Gasteiger charge is -2.26. The summed E-state index contributed by atoms with van der Waals surface area (Å²) in [7, 11) is 3.16. The van der Waals surface area contributed by atoms with Crippen molar-refractivity contribution < 1.29 is 19.0 Å². The molecule has 0 bridgehead atoms. The smallest absolute Gasteiger partial charge is 0.270 e. The number of ether oxygens (including phenoxy) is 3. The Morgan fingerprint density at radius 2 is 1.93 bits per heavy atom. The summed E-state index contributed by atoms with van der Waals surface area (Å²) in [6.45, 7) is 4.61. The number of morpholine rings is 1. The van der Waals surface area contributed by atoms with E-state index in [-0.39, 0.29) is 5.91 Å². The van der Waals surface area contributed by atoms with Crippen molar-refractivity contribution in [2.75, 3.05) is 58.9 Å². The van der Waals surface area contributed by atoms with Crippen LogP contribution in [-0.2, 0) is 4.74 Å². The molecule has 1 saturated heterocycles. The van der Waals surface area contributed by atoms with Crippen LogP contribution in [0.3, 0.4) is 0 Å². The number of hydrogen-bond donors (Lipinski definition) is 2. The largest absolute Gasteiger partial charge is 0.493 e. The van der Waals surface area contributed by atoms with Crippen molar-refractivity contribution in [3.63, 3.8) is 0 Å². The number of carbonyl (C=O) groups is 1. The van der Waals surface area contributed by atoms with Gasteiger partial charge in [0.2, 0.25) is 0 Å². The van der Waals surface area contributed by atoms with Crippen molar-refractivity contribution in [2.24, 2.45) is 0 Å². The predicted octanol–water partition coefficient (Wildman–Crippen LogP) is 1.30. The van der Waals surface area contributed by atoms with Gasteiger partial charge in [0.05, 0.1) is 27.4 Å². The van der Waals surface area contributed by atoms with Crippen LogP contribution in [0.5, 0.6) is 11.5 Å². The maximum Gasteiger partial charge on any atom is 0.270 e. The highest BCUT2D eigenvalue weighted by molar-refractivity contribution is 5.92. The van der Waals surface area contributed by atoms with Crippen molar-refractivity contribution in [3.8, 4) is 11.5 Å². The van der Waals surface area contributed by atoms with Crippen molar-refractivity contribution in [1.29, 1.82) is 0 Å². The molecule has 9 heteroatoms. The van der Waals surface area contributed by atoms with E-state index in [2.05, 4.69) is 25.5 Å². The number of amides is 1. The maximum atomic E-state index is 12.4. The minimum atomic E-state index is -0.231. The lowest BCUT2D eigenvalue weighted by atomic mass is 10.2. The number of rotatable bonds is 8. The number of methoxy groups -OCH3 is 2. The SMILES string of the molecule is COc1ccc(Nc2cc(C(=O)NCCN3CCOCC3)ncn2)cc1OC. The van der Waals surface area contributed by atoms with Crippen molar-refractivity contribution in [1.82, 2.24) is 20.2 Å². The van der Waals surface area contributed by atoms with Crippen LogP contribution in [-0.4, -0.2) is 74.4 Å². The molecule has 1 aromatic carbocycles. The fourth-order valence-corrected chi connectivity index (χ4v) is 2.85. The number of benzene rings is 1. The first-order valence-corrected chi connectivity index (χ1v) is 9.09. The van der Waals surface area contributed by atoms with Gasteiger partial charge in [-0.1, -0.05) is 0 Å². The van der Waals surface area contributed by atoms with E-state index in [4.69, 9.17) is 14.2 Å². The Labute approximate surface area is 164 Å². The minimum absolute atomic E-state index is 0.231. The molecule has 1 fully saturated rings. The van der Waals surface area contributed by atoms with Crippen molar-refractivity contribution in [2.45, 2.75) is 0 Å². The highest BCUT2D eigenvalue weighted by atomic mass is 16.5. The molecule has 3 rings (SSSR count). The van der Waals surface area contributed by atoms with Crippen LogP contribution in [0, 0.1) is 0 Å². The maximum absolute atomic E-state index is 12.4. The first kappa shape index (κ1) is 19.8. The minimum Gasteiger partial charge on any atom is -0.493 e. The summed E-state index contributed by atoms with van der Waals surface area (Å²) >= 11 is 0. The van der Waals surface area contributed by atoms with Crippen LogP contribution in [0.1, 0.15) is 10.5 Å². The Kier molecular flexibility index (Phi) is 6.99. The molecular weight excluding hydrogens is 362 g/mol.